The highest BCUT2D eigenvalue weighted by molar-refractivity contribution is 5.91. The molecular weight excluding hydrogens is 352 g/mol. The summed E-state index contributed by atoms with van der Waals surface area (Å²) in [5, 5.41) is 7.10. The average Bonchev–Trinajstić information content (AvgIpc) is 3.32. The van der Waals surface area contributed by atoms with Crippen molar-refractivity contribution in [1.29, 1.82) is 0 Å². The molecule has 1 fully saturated rings. The molecule has 4 rings (SSSR count). The van der Waals surface area contributed by atoms with Gasteiger partial charge in [-0.25, -0.2) is 14.8 Å². The molecule has 0 aliphatic carbocycles. The van der Waals surface area contributed by atoms with Crippen molar-refractivity contribution in [3.8, 4) is 0 Å². The van der Waals surface area contributed by atoms with E-state index in [1.165, 1.54) is 5.01 Å². The minimum Gasteiger partial charge on any atom is -0.358 e. The van der Waals surface area contributed by atoms with Gasteiger partial charge in [-0.2, -0.15) is 0 Å². The number of benzene rings is 2. The Labute approximate surface area is 164 Å². The van der Waals surface area contributed by atoms with E-state index in [2.05, 4.69) is 10.3 Å². The number of para-hydroxylation sites is 1. The molecule has 0 spiro atoms. The molecule has 1 aliphatic heterocycles. The first kappa shape index (κ1) is 18.1. The van der Waals surface area contributed by atoms with Crippen molar-refractivity contribution in [2.24, 2.45) is 0 Å². The third kappa shape index (κ3) is 3.58. The maximum atomic E-state index is 13.0. The maximum absolute atomic E-state index is 13.0. The third-order valence-corrected chi connectivity index (χ3v) is 5.20. The molecule has 0 atom stereocenters. The Morgan fingerprint density at radius 3 is 2.54 bits per heavy atom. The smallest absolute Gasteiger partial charge is 0.336 e. The van der Waals surface area contributed by atoms with Crippen molar-refractivity contribution in [3.05, 3.63) is 71.4 Å². The van der Waals surface area contributed by atoms with Crippen molar-refractivity contribution in [3.63, 3.8) is 0 Å². The summed E-state index contributed by atoms with van der Waals surface area (Å²) in [5.74, 6) is -0.0554. The highest BCUT2D eigenvalue weighted by atomic mass is 16.2. The van der Waals surface area contributed by atoms with Gasteiger partial charge in [0, 0.05) is 36.2 Å². The lowest BCUT2D eigenvalue weighted by Crippen LogP contribution is -2.49. The highest BCUT2D eigenvalue weighted by Crippen LogP contribution is 2.24. The molecule has 2 heterocycles. The molecule has 0 saturated carbocycles. The maximum Gasteiger partial charge on any atom is 0.336 e. The Hall–Kier alpha value is -3.28. The number of hydrazine groups is 1. The van der Waals surface area contributed by atoms with Crippen LogP contribution in [0.15, 0.2) is 54.6 Å². The number of nitrogens with zero attached hydrogens (tertiary/aromatic N) is 2. The monoisotopic (exact) mass is 376 g/mol. The fraction of sp³-hybridized carbons (Fsp3) is 0.273. The second kappa shape index (κ2) is 7.76. The third-order valence-electron chi connectivity index (χ3n) is 5.20. The van der Waals surface area contributed by atoms with Crippen LogP contribution in [0, 0.1) is 6.92 Å². The standard InChI is InChI=1S/C22H24N4O2/c1-16-19(18-10-5-6-11-20(18)24-16)14-21(27)25-12-7-13-26(25)22(28)23-15-17-8-3-2-4-9-17/h2-6,8-11,24H,7,12-15H2,1H3,(H,23,28). The van der Waals surface area contributed by atoms with Crippen LogP contribution in [-0.2, 0) is 17.8 Å². The fourth-order valence-electron chi connectivity index (χ4n) is 3.75. The van der Waals surface area contributed by atoms with Gasteiger partial charge in [-0.1, -0.05) is 48.5 Å². The number of fused-ring (bicyclic) bond motifs is 1. The number of carbonyl (C=O) groups is 2. The molecule has 6 heteroatoms. The van der Waals surface area contributed by atoms with Crippen LogP contribution in [0.5, 0.6) is 0 Å². The Morgan fingerprint density at radius 1 is 1.00 bits per heavy atom. The van der Waals surface area contributed by atoms with E-state index in [4.69, 9.17) is 0 Å². The van der Waals surface area contributed by atoms with Crippen molar-refractivity contribution in [2.45, 2.75) is 26.3 Å². The zero-order valence-electron chi connectivity index (χ0n) is 15.9. The zero-order chi connectivity index (χ0) is 19.5. The largest absolute Gasteiger partial charge is 0.358 e. The summed E-state index contributed by atoms with van der Waals surface area (Å²) in [4.78, 5) is 28.9. The summed E-state index contributed by atoms with van der Waals surface area (Å²) in [6.07, 6.45) is 1.07. The minimum absolute atomic E-state index is 0.0554. The number of amides is 3. The molecule has 0 radical (unpaired) electrons. The fourth-order valence-corrected chi connectivity index (χ4v) is 3.75. The molecule has 2 N–H and O–H groups in total. The lowest BCUT2D eigenvalue weighted by atomic mass is 10.1. The number of rotatable bonds is 4. The molecule has 1 aromatic heterocycles. The predicted octanol–water partition coefficient (Wildman–Crippen LogP) is 3.38. The highest BCUT2D eigenvalue weighted by Gasteiger charge is 2.31. The first-order valence-electron chi connectivity index (χ1n) is 9.59. The van der Waals surface area contributed by atoms with Crippen LogP contribution >= 0.6 is 0 Å². The van der Waals surface area contributed by atoms with Crippen LogP contribution in [0.1, 0.15) is 23.2 Å². The minimum atomic E-state index is -0.231. The molecular formula is C22H24N4O2. The second-order valence-electron chi connectivity index (χ2n) is 7.09. The molecule has 0 bridgehead atoms. The van der Waals surface area contributed by atoms with Gasteiger partial charge in [-0.15, -0.1) is 0 Å². The lowest BCUT2D eigenvalue weighted by molar-refractivity contribution is -0.139. The number of urea groups is 1. The summed E-state index contributed by atoms with van der Waals surface area (Å²) in [5.41, 5.74) is 4.05. The van der Waals surface area contributed by atoms with Crippen LogP contribution < -0.4 is 5.32 Å². The predicted molar refractivity (Wildman–Crippen MR) is 108 cm³/mol. The molecule has 2 aromatic carbocycles. The van der Waals surface area contributed by atoms with Crippen molar-refractivity contribution < 1.29 is 9.59 Å². The number of aromatic amines is 1. The summed E-state index contributed by atoms with van der Waals surface area (Å²) in [6.45, 7) is 3.55. The van der Waals surface area contributed by atoms with E-state index >= 15 is 0 Å². The van der Waals surface area contributed by atoms with Gasteiger partial charge in [0.2, 0.25) is 5.91 Å². The van der Waals surface area contributed by atoms with Crippen LogP contribution in [-0.4, -0.2) is 40.0 Å². The number of carbonyl (C=O) groups excluding carboxylic acids is 2. The number of aromatic nitrogens is 1. The average molecular weight is 376 g/mol. The number of hydrogen-bond acceptors (Lipinski definition) is 2. The molecule has 1 aliphatic rings. The zero-order valence-corrected chi connectivity index (χ0v) is 15.9. The van der Waals surface area contributed by atoms with E-state index in [-0.39, 0.29) is 18.4 Å². The Balaban J connectivity index is 1.44. The van der Waals surface area contributed by atoms with Gasteiger partial charge in [0.1, 0.15) is 0 Å². The van der Waals surface area contributed by atoms with E-state index in [1.807, 2.05) is 61.5 Å². The molecule has 28 heavy (non-hydrogen) atoms. The number of hydrogen-bond donors (Lipinski definition) is 2. The Kier molecular flexibility index (Phi) is 5.02. The van der Waals surface area contributed by atoms with Gasteiger partial charge < -0.3 is 10.3 Å². The van der Waals surface area contributed by atoms with Gasteiger partial charge >= 0.3 is 6.03 Å². The van der Waals surface area contributed by atoms with Gasteiger partial charge in [0.05, 0.1) is 6.42 Å². The van der Waals surface area contributed by atoms with Crippen molar-refractivity contribution in [2.75, 3.05) is 13.1 Å². The first-order valence-corrected chi connectivity index (χ1v) is 9.59. The molecule has 0 unspecified atom stereocenters. The van der Waals surface area contributed by atoms with E-state index in [9.17, 15) is 9.59 Å². The molecule has 3 aromatic rings. The van der Waals surface area contributed by atoms with E-state index < -0.39 is 0 Å². The van der Waals surface area contributed by atoms with E-state index in [0.717, 1.165) is 34.1 Å². The number of H-pyrrole nitrogens is 1. The second-order valence-corrected chi connectivity index (χ2v) is 7.09. The van der Waals surface area contributed by atoms with E-state index in [1.54, 1.807) is 5.01 Å². The number of nitrogens with one attached hydrogen (secondary N) is 2. The van der Waals surface area contributed by atoms with Crippen LogP contribution in [0.25, 0.3) is 10.9 Å². The van der Waals surface area contributed by atoms with E-state index in [0.29, 0.717) is 19.6 Å². The van der Waals surface area contributed by atoms with Crippen molar-refractivity contribution >= 4 is 22.8 Å². The van der Waals surface area contributed by atoms with Crippen LogP contribution in [0.2, 0.25) is 0 Å². The van der Waals surface area contributed by atoms with Gasteiger partial charge in [-0.05, 0) is 30.5 Å². The number of aryl methyl sites for hydroxylation is 1. The molecule has 1 saturated heterocycles. The summed E-state index contributed by atoms with van der Waals surface area (Å²) in [6, 6.07) is 17.5. The summed E-state index contributed by atoms with van der Waals surface area (Å²) >= 11 is 0. The normalized spacial score (nSPS) is 13.9. The summed E-state index contributed by atoms with van der Waals surface area (Å²) in [7, 11) is 0. The summed E-state index contributed by atoms with van der Waals surface area (Å²) < 4.78 is 0. The molecule has 6 nitrogen and oxygen atoms in total. The Morgan fingerprint density at radius 2 is 1.71 bits per heavy atom. The lowest BCUT2D eigenvalue weighted by Gasteiger charge is -2.28. The van der Waals surface area contributed by atoms with Gasteiger partial charge in [0.25, 0.3) is 0 Å². The molecule has 3 amide bonds. The van der Waals surface area contributed by atoms with Gasteiger partial charge in [-0.3, -0.25) is 4.79 Å². The van der Waals surface area contributed by atoms with Crippen LogP contribution in [0.4, 0.5) is 4.79 Å². The molecule has 144 valence electrons. The Bertz CT molecular complexity index is 996. The topological polar surface area (TPSA) is 68.4 Å². The van der Waals surface area contributed by atoms with Crippen molar-refractivity contribution in [1.82, 2.24) is 20.3 Å². The van der Waals surface area contributed by atoms with Crippen LogP contribution in [0.3, 0.4) is 0 Å². The first-order chi connectivity index (χ1) is 13.6. The SMILES string of the molecule is Cc1[nH]c2ccccc2c1CC(=O)N1CCCN1C(=O)NCc1ccccc1. The van der Waals surface area contributed by atoms with Gasteiger partial charge in [0.15, 0.2) is 0 Å². The quantitative estimate of drug-likeness (QED) is 0.733.